The van der Waals surface area contributed by atoms with Gasteiger partial charge in [0.1, 0.15) is 17.4 Å². The lowest BCUT2D eigenvalue weighted by Gasteiger charge is -2.23. The lowest BCUT2D eigenvalue weighted by Crippen LogP contribution is -2.39. The molecule has 0 atom stereocenters. The molecule has 1 aromatic rings. The van der Waals surface area contributed by atoms with Crippen molar-refractivity contribution in [1.82, 2.24) is 5.32 Å². The molecule has 0 unspecified atom stereocenters. The van der Waals surface area contributed by atoms with Crippen LogP contribution in [0.15, 0.2) is 18.2 Å². The van der Waals surface area contributed by atoms with Crippen LogP contribution in [0.4, 0.5) is 14.9 Å². The standard InChI is InChI=1S/C14H16FN3O/c15-12-7-4-8-13(11(12)9-16)18-14(19)17-10-5-2-1-3-6-10/h4,7-8,10H,1-3,5-6H2,(H2,17,18,19). The van der Waals surface area contributed by atoms with Crippen molar-refractivity contribution in [2.24, 2.45) is 0 Å². The fourth-order valence-electron chi connectivity index (χ4n) is 2.33. The molecule has 100 valence electrons. The van der Waals surface area contributed by atoms with Gasteiger partial charge in [-0.1, -0.05) is 25.3 Å². The van der Waals surface area contributed by atoms with Crippen LogP contribution in [0.1, 0.15) is 37.7 Å². The molecule has 1 aromatic carbocycles. The Morgan fingerprint density at radius 2 is 2.05 bits per heavy atom. The van der Waals surface area contributed by atoms with Gasteiger partial charge in [-0.3, -0.25) is 0 Å². The maximum atomic E-state index is 13.4. The minimum absolute atomic E-state index is 0.138. The molecule has 0 aromatic heterocycles. The second kappa shape index (κ2) is 6.19. The summed E-state index contributed by atoms with van der Waals surface area (Å²) in [7, 11) is 0. The van der Waals surface area contributed by atoms with Crippen LogP contribution in [0.25, 0.3) is 0 Å². The average Bonchev–Trinajstić information content (AvgIpc) is 2.40. The highest BCUT2D eigenvalue weighted by molar-refractivity contribution is 5.90. The summed E-state index contributed by atoms with van der Waals surface area (Å²) in [5, 5.41) is 14.3. The second-order valence-corrected chi connectivity index (χ2v) is 4.71. The number of carbonyl (C=O) groups is 1. The number of rotatable bonds is 2. The average molecular weight is 261 g/mol. The second-order valence-electron chi connectivity index (χ2n) is 4.71. The van der Waals surface area contributed by atoms with Crippen LogP contribution in [-0.2, 0) is 0 Å². The highest BCUT2D eigenvalue weighted by Gasteiger charge is 2.16. The number of carbonyl (C=O) groups excluding carboxylic acids is 1. The van der Waals surface area contributed by atoms with Crippen LogP contribution in [0.3, 0.4) is 0 Å². The smallest absolute Gasteiger partial charge is 0.319 e. The van der Waals surface area contributed by atoms with Gasteiger partial charge in [0.05, 0.1) is 5.69 Å². The van der Waals surface area contributed by atoms with Crippen LogP contribution in [0, 0.1) is 17.1 Å². The van der Waals surface area contributed by atoms with E-state index in [1.54, 1.807) is 6.07 Å². The summed E-state index contributed by atoms with van der Waals surface area (Å²) in [5.41, 5.74) is 0.0668. The van der Waals surface area contributed by atoms with Crippen LogP contribution in [-0.4, -0.2) is 12.1 Å². The molecular formula is C14H16FN3O. The zero-order chi connectivity index (χ0) is 13.7. The van der Waals surface area contributed by atoms with Crippen molar-refractivity contribution >= 4 is 11.7 Å². The number of urea groups is 1. The highest BCUT2D eigenvalue weighted by Crippen LogP contribution is 2.19. The maximum absolute atomic E-state index is 13.4. The first-order valence-corrected chi connectivity index (χ1v) is 6.47. The Labute approximate surface area is 111 Å². The molecule has 0 saturated heterocycles. The fraction of sp³-hybridized carbons (Fsp3) is 0.429. The lowest BCUT2D eigenvalue weighted by molar-refractivity contribution is 0.244. The summed E-state index contributed by atoms with van der Waals surface area (Å²) < 4.78 is 13.4. The first-order chi connectivity index (χ1) is 9.20. The normalized spacial score (nSPS) is 15.6. The number of nitrogens with one attached hydrogen (secondary N) is 2. The third kappa shape index (κ3) is 3.44. The summed E-state index contributed by atoms with van der Waals surface area (Å²) in [6.45, 7) is 0. The molecule has 2 rings (SSSR count). The maximum Gasteiger partial charge on any atom is 0.319 e. The SMILES string of the molecule is N#Cc1c(F)cccc1NC(=O)NC1CCCCC1. The van der Waals surface area contributed by atoms with Crippen LogP contribution in [0.2, 0.25) is 0 Å². The minimum atomic E-state index is -0.627. The van der Waals surface area contributed by atoms with Crippen molar-refractivity contribution in [3.8, 4) is 6.07 Å². The molecule has 0 aliphatic heterocycles. The van der Waals surface area contributed by atoms with Crippen LogP contribution >= 0.6 is 0 Å². The molecule has 19 heavy (non-hydrogen) atoms. The Balaban J connectivity index is 1.99. The molecule has 1 aliphatic carbocycles. The molecule has 1 saturated carbocycles. The van der Waals surface area contributed by atoms with Gasteiger partial charge in [-0.15, -0.1) is 0 Å². The number of anilines is 1. The number of nitriles is 1. The number of halogens is 1. The molecule has 0 heterocycles. The van der Waals surface area contributed by atoms with Crippen molar-refractivity contribution < 1.29 is 9.18 Å². The molecule has 2 N–H and O–H groups in total. The van der Waals surface area contributed by atoms with E-state index in [4.69, 9.17) is 5.26 Å². The van der Waals surface area contributed by atoms with E-state index in [9.17, 15) is 9.18 Å². The Morgan fingerprint density at radius 1 is 1.32 bits per heavy atom. The van der Waals surface area contributed by atoms with Crippen molar-refractivity contribution in [2.45, 2.75) is 38.1 Å². The van der Waals surface area contributed by atoms with Gasteiger partial charge in [0.15, 0.2) is 0 Å². The third-order valence-electron chi connectivity index (χ3n) is 3.31. The molecule has 1 fully saturated rings. The number of nitrogens with zero attached hydrogens (tertiary/aromatic N) is 1. The number of amides is 2. The lowest BCUT2D eigenvalue weighted by atomic mass is 9.96. The summed E-state index contributed by atoms with van der Waals surface area (Å²) in [6.07, 6.45) is 5.40. The first-order valence-electron chi connectivity index (χ1n) is 6.47. The number of benzene rings is 1. The van der Waals surface area contributed by atoms with E-state index < -0.39 is 5.82 Å². The first kappa shape index (κ1) is 13.3. The van der Waals surface area contributed by atoms with E-state index in [1.807, 2.05) is 0 Å². The zero-order valence-corrected chi connectivity index (χ0v) is 10.6. The highest BCUT2D eigenvalue weighted by atomic mass is 19.1. The Hall–Kier alpha value is -2.09. The summed E-state index contributed by atoms with van der Waals surface area (Å²) >= 11 is 0. The van der Waals surface area contributed by atoms with Gasteiger partial charge in [-0.05, 0) is 25.0 Å². The molecule has 0 radical (unpaired) electrons. The quantitative estimate of drug-likeness (QED) is 0.858. The summed E-state index contributed by atoms with van der Waals surface area (Å²) in [6, 6.07) is 5.73. The Morgan fingerprint density at radius 3 is 2.74 bits per heavy atom. The van der Waals surface area contributed by atoms with Crippen molar-refractivity contribution in [3.63, 3.8) is 0 Å². The summed E-state index contributed by atoms with van der Waals surface area (Å²) in [4.78, 5) is 11.8. The molecule has 1 aliphatic rings. The topological polar surface area (TPSA) is 64.9 Å². The van der Waals surface area contributed by atoms with E-state index >= 15 is 0 Å². The molecule has 2 amide bonds. The molecule has 5 heteroatoms. The van der Waals surface area contributed by atoms with Gasteiger partial charge in [-0.2, -0.15) is 5.26 Å². The predicted molar refractivity (Wildman–Crippen MR) is 70.1 cm³/mol. The summed E-state index contributed by atoms with van der Waals surface area (Å²) in [5.74, 6) is -0.627. The number of hydrogen-bond donors (Lipinski definition) is 2. The van der Waals surface area contributed by atoms with Crippen LogP contribution < -0.4 is 10.6 Å². The van der Waals surface area contributed by atoms with E-state index in [0.29, 0.717) is 0 Å². The van der Waals surface area contributed by atoms with Crippen molar-refractivity contribution in [2.75, 3.05) is 5.32 Å². The van der Waals surface area contributed by atoms with Crippen molar-refractivity contribution in [1.29, 1.82) is 5.26 Å². The van der Waals surface area contributed by atoms with Gasteiger partial charge < -0.3 is 10.6 Å². The van der Waals surface area contributed by atoms with E-state index in [1.165, 1.54) is 24.6 Å². The molecule has 0 bridgehead atoms. The Bertz CT molecular complexity index is 504. The van der Waals surface area contributed by atoms with Gasteiger partial charge in [0.2, 0.25) is 0 Å². The van der Waals surface area contributed by atoms with Crippen LogP contribution in [0.5, 0.6) is 0 Å². The van der Waals surface area contributed by atoms with Gasteiger partial charge in [0.25, 0.3) is 0 Å². The monoisotopic (exact) mass is 261 g/mol. The van der Waals surface area contributed by atoms with Gasteiger partial charge >= 0.3 is 6.03 Å². The predicted octanol–water partition coefficient (Wildman–Crippen LogP) is 3.15. The van der Waals surface area contributed by atoms with Gasteiger partial charge in [-0.25, -0.2) is 9.18 Å². The molecule has 0 spiro atoms. The van der Waals surface area contributed by atoms with E-state index in [2.05, 4.69) is 10.6 Å². The molecular weight excluding hydrogens is 245 g/mol. The Kier molecular flexibility index (Phi) is 4.35. The van der Waals surface area contributed by atoms with Crippen molar-refractivity contribution in [3.05, 3.63) is 29.6 Å². The largest absolute Gasteiger partial charge is 0.335 e. The van der Waals surface area contributed by atoms with Gasteiger partial charge in [0, 0.05) is 6.04 Å². The molecule has 4 nitrogen and oxygen atoms in total. The van der Waals surface area contributed by atoms with E-state index in [-0.39, 0.29) is 23.3 Å². The third-order valence-corrected chi connectivity index (χ3v) is 3.31. The number of hydrogen-bond acceptors (Lipinski definition) is 2. The zero-order valence-electron chi connectivity index (χ0n) is 10.6. The minimum Gasteiger partial charge on any atom is -0.335 e. The fourth-order valence-corrected chi connectivity index (χ4v) is 2.33. The van der Waals surface area contributed by atoms with E-state index in [0.717, 1.165) is 25.7 Å².